The van der Waals surface area contributed by atoms with Gasteiger partial charge >= 0.3 is 0 Å². The number of aromatic nitrogens is 2. The van der Waals surface area contributed by atoms with Gasteiger partial charge in [-0.15, -0.1) is 10.2 Å². The Morgan fingerprint density at radius 1 is 1.41 bits per heavy atom. The molecule has 0 amide bonds. The summed E-state index contributed by atoms with van der Waals surface area (Å²) < 4.78 is 1.11. The smallest absolute Gasteiger partial charge is 0.147 e. The Balaban J connectivity index is 2.33. The van der Waals surface area contributed by atoms with Crippen molar-refractivity contribution in [1.82, 2.24) is 10.2 Å². The number of rotatable bonds is 3. The summed E-state index contributed by atoms with van der Waals surface area (Å²) in [4.78, 5) is 0. The molecule has 0 aliphatic rings. The van der Waals surface area contributed by atoms with E-state index in [4.69, 9.17) is 5.73 Å². The molecule has 0 aliphatic heterocycles. The van der Waals surface area contributed by atoms with Crippen molar-refractivity contribution in [3.63, 3.8) is 0 Å². The molecule has 90 valence electrons. The Kier molecular flexibility index (Phi) is 3.91. The third-order valence-electron chi connectivity index (χ3n) is 2.60. The molecule has 0 saturated carbocycles. The molecule has 0 saturated heterocycles. The van der Waals surface area contributed by atoms with Gasteiger partial charge in [-0.05, 0) is 31.0 Å². The van der Waals surface area contributed by atoms with Crippen molar-refractivity contribution in [2.75, 3.05) is 0 Å². The molecule has 0 spiro atoms. The molecule has 5 heteroatoms. The van der Waals surface area contributed by atoms with Crippen LogP contribution < -0.4 is 5.73 Å². The van der Waals surface area contributed by atoms with Crippen molar-refractivity contribution in [2.45, 2.75) is 26.3 Å². The van der Waals surface area contributed by atoms with Gasteiger partial charge in [0, 0.05) is 10.0 Å². The van der Waals surface area contributed by atoms with Gasteiger partial charge in [0.2, 0.25) is 0 Å². The first-order chi connectivity index (χ1) is 8.11. The van der Waals surface area contributed by atoms with Gasteiger partial charge in [0.1, 0.15) is 10.0 Å². The molecule has 1 heterocycles. The number of hydrogen-bond acceptors (Lipinski definition) is 4. The van der Waals surface area contributed by atoms with E-state index in [0.29, 0.717) is 0 Å². The highest BCUT2D eigenvalue weighted by atomic mass is 79.9. The van der Waals surface area contributed by atoms with E-state index in [1.807, 2.05) is 12.1 Å². The lowest BCUT2D eigenvalue weighted by molar-refractivity contribution is 0.683. The maximum absolute atomic E-state index is 5.94. The number of aryl methyl sites for hydroxylation is 1. The fourth-order valence-electron chi connectivity index (χ4n) is 1.45. The maximum Gasteiger partial charge on any atom is 0.147 e. The van der Waals surface area contributed by atoms with Gasteiger partial charge in [0.25, 0.3) is 0 Å². The summed E-state index contributed by atoms with van der Waals surface area (Å²) in [6.45, 7) is 4.11. The molecule has 2 N–H and O–H groups in total. The van der Waals surface area contributed by atoms with E-state index in [0.717, 1.165) is 26.5 Å². The van der Waals surface area contributed by atoms with E-state index >= 15 is 0 Å². The monoisotopic (exact) mass is 311 g/mol. The zero-order valence-electron chi connectivity index (χ0n) is 9.77. The minimum Gasteiger partial charge on any atom is -0.322 e. The SMILES string of the molecule is CCC(N)c1nnc(-c2ccc(Br)c(C)c2)s1. The largest absolute Gasteiger partial charge is 0.322 e. The van der Waals surface area contributed by atoms with E-state index in [1.54, 1.807) is 11.3 Å². The van der Waals surface area contributed by atoms with Gasteiger partial charge < -0.3 is 5.73 Å². The predicted molar refractivity (Wildman–Crippen MR) is 75.0 cm³/mol. The summed E-state index contributed by atoms with van der Waals surface area (Å²) in [5.74, 6) is 0. The van der Waals surface area contributed by atoms with Crippen LogP contribution in [0, 0.1) is 6.92 Å². The molecule has 1 aromatic carbocycles. The molecule has 1 unspecified atom stereocenters. The number of nitrogens with zero attached hydrogens (tertiary/aromatic N) is 2. The molecular formula is C12H14BrN3S. The third kappa shape index (κ3) is 2.73. The number of halogens is 1. The first-order valence-corrected chi connectivity index (χ1v) is 7.08. The minimum absolute atomic E-state index is 0.00204. The topological polar surface area (TPSA) is 51.8 Å². The van der Waals surface area contributed by atoms with Crippen molar-refractivity contribution in [1.29, 1.82) is 0 Å². The van der Waals surface area contributed by atoms with Crippen molar-refractivity contribution in [3.05, 3.63) is 33.2 Å². The summed E-state index contributed by atoms with van der Waals surface area (Å²) >= 11 is 5.06. The summed E-state index contributed by atoms with van der Waals surface area (Å²) in [5.41, 5.74) is 8.23. The Bertz CT molecular complexity index is 524. The van der Waals surface area contributed by atoms with Gasteiger partial charge in [0.05, 0.1) is 6.04 Å². The summed E-state index contributed by atoms with van der Waals surface area (Å²) in [7, 11) is 0. The maximum atomic E-state index is 5.94. The second-order valence-electron chi connectivity index (χ2n) is 3.92. The predicted octanol–water partition coefficient (Wildman–Crippen LogP) is 3.69. The second kappa shape index (κ2) is 5.25. The molecule has 2 aromatic rings. The van der Waals surface area contributed by atoms with Crippen LogP contribution in [0.4, 0.5) is 0 Å². The van der Waals surface area contributed by atoms with Gasteiger partial charge in [-0.25, -0.2) is 0 Å². The summed E-state index contributed by atoms with van der Waals surface area (Å²) in [6, 6.07) is 6.17. The van der Waals surface area contributed by atoms with Crippen molar-refractivity contribution in [2.24, 2.45) is 5.73 Å². The molecule has 0 aliphatic carbocycles. The average Bonchev–Trinajstić information content (AvgIpc) is 2.81. The molecule has 1 aromatic heterocycles. The summed E-state index contributed by atoms with van der Waals surface area (Å²) in [5, 5.41) is 10.2. The van der Waals surface area contributed by atoms with Crippen LogP contribution in [0.5, 0.6) is 0 Å². The van der Waals surface area contributed by atoms with E-state index < -0.39 is 0 Å². The quantitative estimate of drug-likeness (QED) is 0.940. The highest BCUT2D eigenvalue weighted by Gasteiger charge is 2.12. The van der Waals surface area contributed by atoms with Crippen molar-refractivity contribution in [3.8, 4) is 10.6 Å². The molecule has 3 nitrogen and oxygen atoms in total. The molecule has 2 rings (SSSR count). The van der Waals surface area contributed by atoms with E-state index in [2.05, 4.69) is 46.0 Å². The Labute approximate surface area is 113 Å². The fraction of sp³-hybridized carbons (Fsp3) is 0.333. The highest BCUT2D eigenvalue weighted by Crippen LogP contribution is 2.29. The average molecular weight is 312 g/mol. The van der Waals surface area contributed by atoms with E-state index in [-0.39, 0.29) is 6.04 Å². The normalized spacial score (nSPS) is 12.7. The van der Waals surface area contributed by atoms with E-state index in [1.165, 1.54) is 5.56 Å². The van der Waals surface area contributed by atoms with Crippen LogP contribution in [0.25, 0.3) is 10.6 Å². The van der Waals surface area contributed by atoms with Gasteiger partial charge in [-0.2, -0.15) is 0 Å². The van der Waals surface area contributed by atoms with Gasteiger partial charge in [-0.3, -0.25) is 0 Å². The molecule has 0 bridgehead atoms. The molecular weight excluding hydrogens is 298 g/mol. The lowest BCUT2D eigenvalue weighted by Gasteiger charge is -2.01. The zero-order valence-corrected chi connectivity index (χ0v) is 12.2. The Morgan fingerprint density at radius 3 is 2.82 bits per heavy atom. The van der Waals surface area contributed by atoms with Crippen LogP contribution >= 0.6 is 27.3 Å². The standard InChI is InChI=1S/C12H14BrN3S/c1-3-10(14)12-16-15-11(17-12)8-4-5-9(13)7(2)6-8/h4-6,10H,3,14H2,1-2H3. The first kappa shape index (κ1) is 12.7. The molecule has 17 heavy (non-hydrogen) atoms. The number of benzene rings is 1. The van der Waals surface area contributed by atoms with E-state index in [9.17, 15) is 0 Å². The van der Waals surface area contributed by atoms with Crippen molar-refractivity contribution >= 4 is 27.3 Å². The van der Waals surface area contributed by atoms with Crippen LogP contribution in [0.1, 0.15) is 30.0 Å². The van der Waals surface area contributed by atoms with Crippen molar-refractivity contribution < 1.29 is 0 Å². The molecule has 1 atom stereocenters. The zero-order chi connectivity index (χ0) is 12.4. The fourth-order valence-corrected chi connectivity index (χ4v) is 2.62. The number of hydrogen-bond donors (Lipinski definition) is 1. The lowest BCUT2D eigenvalue weighted by Crippen LogP contribution is -2.07. The van der Waals surface area contributed by atoms with Crippen LogP contribution in [0.2, 0.25) is 0 Å². The van der Waals surface area contributed by atoms with Crippen LogP contribution in [0.3, 0.4) is 0 Å². The molecule has 0 fully saturated rings. The Hall–Kier alpha value is -0.780. The van der Waals surface area contributed by atoms with Crippen LogP contribution in [-0.4, -0.2) is 10.2 Å². The third-order valence-corrected chi connectivity index (χ3v) is 4.60. The highest BCUT2D eigenvalue weighted by molar-refractivity contribution is 9.10. The number of nitrogens with two attached hydrogens (primary N) is 1. The molecule has 0 radical (unpaired) electrons. The minimum atomic E-state index is -0.00204. The lowest BCUT2D eigenvalue weighted by atomic mass is 10.1. The van der Waals surface area contributed by atoms with Gasteiger partial charge in [0.15, 0.2) is 0 Å². The van der Waals surface area contributed by atoms with Crippen LogP contribution in [0.15, 0.2) is 22.7 Å². The summed E-state index contributed by atoms with van der Waals surface area (Å²) in [6.07, 6.45) is 0.883. The Morgan fingerprint density at radius 2 is 2.18 bits per heavy atom. The second-order valence-corrected chi connectivity index (χ2v) is 5.79. The van der Waals surface area contributed by atoms with Crippen LogP contribution in [-0.2, 0) is 0 Å². The van der Waals surface area contributed by atoms with Gasteiger partial charge in [-0.1, -0.05) is 40.3 Å². The first-order valence-electron chi connectivity index (χ1n) is 5.47.